The van der Waals surface area contributed by atoms with Crippen molar-refractivity contribution in [1.82, 2.24) is 4.90 Å². The first kappa shape index (κ1) is 11.5. The second-order valence-corrected chi connectivity index (χ2v) is 6.63. The smallest absolute Gasteiger partial charge is 0.225 e. The van der Waals surface area contributed by atoms with Crippen molar-refractivity contribution in [3.05, 3.63) is 35.4 Å². The summed E-state index contributed by atoms with van der Waals surface area (Å²) in [5, 5.41) is 0. The quantitative estimate of drug-likeness (QED) is 0.795. The molecule has 4 rings (SSSR count). The van der Waals surface area contributed by atoms with Crippen LogP contribution in [0.2, 0.25) is 0 Å². The topological polar surface area (TPSA) is 20.3 Å². The minimum atomic E-state index is 0.320. The van der Waals surface area contributed by atoms with Gasteiger partial charge in [0.15, 0.2) is 0 Å². The highest BCUT2D eigenvalue weighted by Crippen LogP contribution is 2.55. The van der Waals surface area contributed by atoms with Crippen LogP contribution in [0.15, 0.2) is 24.3 Å². The highest BCUT2D eigenvalue weighted by atomic mass is 16.2. The molecule has 100 valence electrons. The van der Waals surface area contributed by atoms with Crippen LogP contribution in [0.5, 0.6) is 0 Å². The van der Waals surface area contributed by atoms with Crippen LogP contribution in [0.4, 0.5) is 0 Å². The molecule has 2 heteroatoms. The number of carbonyl (C=O) groups is 1. The third-order valence-electron chi connectivity index (χ3n) is 5.51. The van der Waals surface area contributed by atoms with Crippen LogP contribution in [0.25, 0.3) is 0 Å². The van der Waals surface area contributed by atoms with E-state index in [2.05, 4.69) is 24.3 Å². The maximum atomic E-state index is 12.6. The predicted molar refractivity (Wildman–Crippen MR) is 74.6 cm³/mol. The summed E-state index contributed by atoms with van der Waals surface area (Å²) in [6.07, 6.45) is 5.92. The summed E-state index contributed by atoms with van der Waals surface area (Å²) < 4.78 is 0. The molecular weight excluding hydrogens is 234 g/mol. The molecule has 1 amide bonds. The van der Waals surface area contributed by atoms with Gasteiger partial charge in [0.25, 0.3) is 0 Å². The third kappa shape index (κ3) is 1.80. The van der Waals surface area contributed by atoms with E-state index in [9.17, 15) is 4.79 Å². The van der Waals surface area contributed by atoms with Gasteiger partial charge in [0.2, 0.25) is 5.91 Å². The van der Waals surface area contributed by atoms with Crippen LogP contribution in [0.1, 0.15) is 42.9 Å². The molecule has 0 aromatic heterocycles. The molecule has 1 aromatic rings. The van der Waals surface area contributed by atoms with Crippen molar-refractivity contribution in [3.8, 4) is 0 Å². The van der Waals surface area contributed by atoms with Gasteiger partial charge in [0, 0.05) is 13.0 Å². The largest absolute Gasteiger partial charge is 0.338 e. The van der Waals surface area contributed by atoms with E-state index in [1.165, 1.54) is 17.5 Å². The second kappa shape index (κ2) is 4.09. The standard InChI is InChI=1S/C17H21NO/c1-18(17(19)14-9-12-8-13(12)10-14)16-7-6-11-4-2-3-5-15(11)16/h2-5,12-14,16H,6-10H2,1H3. The summed E-state index contributed by atoms with van der Waals surface area (Å²) in [6, 6.07) is 8.93. The van der Waals surface area contributed by atoms with Crippen molar-refractivity contribution in [2.75, 3.05) is 7.05 Å². The van der Waals surface area contributed by atoms with E-state index in [1.807, 2.05) is 11.9 Å². The molecule has 0 radical (unpaired) electrons. The average Bonchev–Trinajstić information content (AvgIpc) is 2.90. The number of nitrogens with zero attached hydrogens (tertiary/aromatic N) is 1. The molecule has 2 saturated carbocycles. The number of benzene rings is 1. The van der Waals surface area contributed by atoms with Crippen LogP contribution in [0, 0.1) is 17.8 Å². The fourth-order valence-electron chi connectivity index (χ4n) is 4.29. The second-order valence-electron chi connectivity index (χ2n) is 6.63. The lowest BCUT2D eigenvalue weighted by atomic mass is 10.00. The van der Waals surface area contributed by atoms with Gasteiger partial charge in [-0.1, -0.05) is 24.3 Å². The summed E-state index contributed by atoms with van der Waals surface area (Å²) in [6.45, 7) is 0. The minimum absolute atomic E-state index is 0.320. The van der Waals surface area contributed by atoms with E-state index in [1.54, 1.807) is 0 Å². The number of hydrogen-bond acceptors (Lipinski definition) is 1. The summed E-state index contributed by atoms with van der Waals surface area (Å²) >= 11 is 0. The average molecular weight is 255 g/mol. The van der Waals surface area contributed by atoms with Gasteiger partial charge >= 0.3 is 0 Å². The van der Waals surface area contributed by atoms with Crippen LogP contribution in [-0.4, -0.2) is 17.9 Å². The van der Waals surface area contributed by atoms with Gasteiger partial charge in [-0.3, -0.25) is 4.79 Å². The van der Waals surface area contributed by atoms with Gasteiger partial charge in [0.1, 0.15) is 0 Å². The Kier molecular flexibility index (Phi) is 2.48. The van der Waals surface area contributed by atoms with Crippen molar-refractivity contribution in [1.29, 1.82) is 0 Å². The normalized spacial score (nSPS) is 34.8. The maximum absolute atomic E-state index is 12.6. The highest BCUT2D eigenvalue weighted by Gasteiger charge is 2.49. The molecule has 3 unspecified atom stereocenters. The number of amides is 1. The zero-order valence-electron chi connectivity index (χ0n) is 11.5. The van der Waals surface area contributed by atoms with E-state index in [-0.39, 0.29) is 0 Å². The lowest BCUT2D eigenvalue weighted by Crippen LogP contribution is -2.34. The third-order valence-corrected chi connectivity index (χ3v) is 5.51. The molecule has 2 fully saturated rings. The maximum Gasteiger partial charge on any atom is 0.225 e. The highest BCUT2D eigenvalue weighted by molar-refractivity contribution is 5.79. The van der Waals surface area contributed by atoms with E-state index < -0.39 is 0 Å². The van der Waals surface area contributed by atoms with Gasteiger partial charge in [0.05, 0.1) is 6.04 Å². The van der Waals surface area contributed by atoms with Crippen molar-refractivity contribution < 1.29 is 4.79 Å². The molecule has 3 atom stereocenters. The Morgan fingerprint density at radius 1 is 1.16 bits per heavy atom. The van der Waals surface area contributed by atoms with Crippen molar-refractivity contribution in [2.45, 2.75) is 38.1 Å². The van der Waals surface area contributed by atoms with Gasteiger partial charge in [-0.15, -0.1) is 0 Å². The lowest BCUT2D eigenvalue weighted by molar-refractivity contribution is -0.136. The van der Waals surface area contributed by atoms with Gasteiger partial charge < -0.3 is 4.90 Å². The van der Waals surface area contributed by atoms with E-state index in [0.717, 1.165) is 37.5 Å². The van der Waals surface area contributed by atoms with Crippen molar-refractivity contribution in [3.63, 3.8) is 0 Å². The first-order chi connectivity index (χ1) is 9.24. The summed E-state index contributed by atoms with van der Waals surface area (Å²) in [5.74, 6) is 2.49. The predicted octanol–water partition coefficient (Wildman–Crippen LogP) is 3.18. The Bertz CT molecular complexity index is 514. The Morgan fingerprint density at radius 3 is 2.68 bits per heavy atom. The first-order valence-corrected chi connectivity index (χ1v) is 7.58. The summed E-state index contributed by atoms with van der Waals surface area (Å²) in [4.78, 5) is 14.7. The molecule has 0 spiro atoms. The number of carbonyl (C=O) groups excluding carboxylic acids is 1. The Morgan fingerprint density at radius 2 is 1.89 bits per heavy atom. The summed E-state index contributed by atoms with van der Waals surface area (Å²) in [5.41, 5.74) is 2.81. The lowest BCUT2D eigenvalue weighted by Gasteiger charge is -2.28. The molecule has 0 bridgehead atoms. The fourth-order valence-corrected chi connectivity index (χ4v) is 4.29. The van der Waals surface area contributed by atoms with Crippen molar-refractivity contribution >= 4 is 5.91 Å². The van der Waals surface area contributed by atoms with Crippen LogP contribution in [0.3, 0.4) is 0 Å². The Hall–Kier alpha value is -1.31. The molecular formula is C17H21NO. The molecule has 0 heterocycles. The zero-order chi connectivity index (χ0) is 13.0. The van der Waals surface area contributed by atoms with E-state index in [0.29, 0.717) is 17.9 Å². The molecule has 0 N–H and O–H groups in total. The zero-order valence-corrected chi connectivity index (χ0v) is 11.5. The number of hydrogen-bond donors (Lipinski definition) is 0. The van der Waals surface area contributed by atoms with Crippen molar-refractivity contribution in [2.24, 2.45) is 17.8 Å². The molecule has 3 aliphatic carbocycles. The Labute approximate surface area is 114 Å². The van der Waals surface area contributed by atoms with Crippen LogP contribution >= 0.6 is 0 Å². The van der Waals surface area contributed by atoms with E-state index in [4.69, 9.17) is 0 Å². The summed E-state index contributed by atoms with van der Waals surface area (Å²) in [7, 11) is 2.01. The molecule has 19 heavy (non-hydrogen) atoms. The fraction of sp³-hybridized carbons (Fsp3) is 0.588. The monoisotopic (exact) mass is 255 g/mol. The number of fused-ring (bicyclic) bond motifs is 2. The number of aryl methyl sites for hydroxylation is 1. The minimum Gasteiger partial charge on any atom is -0.338 e. The van der Waals surface area contributed by atoms with Gasteiger partial charge in [-0.2, -0.15) is 0 Å². The molecule has 1 aromatic carbocycles. The molecule has 0 aliphatic heterocycles. The first-order valence-electron chi connectivity index (χ1n) is 7.58. The number of rotatable bonds is 2. The molecule has 0 saturated heterocycles. The molecule has 3 aliphatic rings. The SMILES string of the molecule is CN(C(=O)C1CC2CC2C1)C1CCc2ccccc21. The Balaban J connectivity index is 1.51. The van der Waals surface area contributed by atoms with Crippen LogP contribution in [-0.2, 0) is 11.2 Å². The van der Waals surface area contributed by atoms with Gasteiger partial charge in [-0.05, 0) is 55.1 Å². The molecule has 2 nitrogen and oxygen atoms in total. The van der Waals surface area contributed by atoms with Crippen LogP contribution < -0.4 is 0 Å². The van der Waals surface area contributed by atoms with Gasteiger partial charge in [-0.25, -0.2) is 0 Å². The van der Waals surface area contributed by atoms with E-state index >= 15 is 0 Å².